The number of anilines is 2. The zero-order chi connectivity index (χ0) is 18.5. The average molecular weight is 357 g/mol. The molecule has 1 heterocycles. The van der Waals surface area contributed by atoms with Crippen LogP contribution in [0, 0.1) is 0 Å². The van der Waals surface area contributed by atoms with Gasteiger partial charge in [0.15, 0.2) is 0 Å². The van der Waals surface area contributed by atoms with Crippen molar-refractivity contribution in [1.29, 1.82) is 0 Å². The maximum absolute atomic E-state index is 2.44. The molecule has 0 bridgehead atoms. The zero-order valence-electron chi connectivity index (χ0n) is 15.5. The van der Waals surface area contributed by atoms with Crippen LogP contribution in [-0.2, 0) is 0 Å². The number of allylic oxidation sites excluding steroid dienone is 4. The van der Waals surface area contributed by atoms with E-state index in [2.05, 4.69) is 108 Å². The van der Waals surface area contributed by atoms with Crippen LogP contribution in [0.3, 0.4) is 0 Å². The number of nitrogens with zero attached hydrogens (tertiary/aromatic N) is 1. The molecule has 0 atom stereocenters. The summed E-state index contributed by atoms with van der Waals surface area (Å²) in [5.74, 6) is 0. The molecule has 1 aliphatic heterocycles. The lowest BCUT2D eigenvalue weighted by Crippen LogP contribution is -2.22. The minimum Gasteiger partial charge on any atom is -0.309 e. The van der Waals surface area contributed by atoms with Crippen LogP contribution in [0.2, 0.25) is 0 Å². The molecule has 0 radical (unpaired) electrons. The SMILES string of the molecule is C1=CCC2=Cc3ccccc3N(c3cccc4cc5ccccc5cc34)C2=C1. The molecule has 132 valence electrons. The van der Waals surface area contributed by atoms with Crippen molar-refractivity contribution in [1.82, 2.24) is 0 Å². The summed E-state index contributed by atoms with van der Waals surface area (Å²) >= 11 is 0. The van der Waals surface area contributed by atoms with Gasteiger partial charge >= 0.3 is 0 Å². The van der Waals surface area contributed by atoms with Gasteiger partial charge in [-0.15, -0.1) is 0 Å². The van der Waals surface area contributed by atoms with E-state index in [9.17, 15) is 0 Å². The van der Waals surface area contributed by atoms with E-state index in [1.54, 1.807) is 0 Å². The Bertz CT molecular complexity index is 1340. The van der Waals surface area contributed by atoms with Crippen molar-refractivity contribution < 1.29 is 0 Å². The normalized spacial score (nSPS) is 15.2. The van der Waals surface area contributed by atoms with Gasteiger partial charge in [-0.05, 0) is 70.1 Å². The van der Waals surface area contributed by atoms with Crippen LogP contribution < -0.4 is 4.90 Å². The first-order valence-corrected chi connectivity index (χ1v) is 9.77. The van der Waals surface area contributed by atoms with Crippen molar-refractivity contribution in [2.24, 2.45) is 0 Å². The molecule has 0 unspecified atom stereocenters. The third-order valence-electron chi connectivity index (χ3n) is 5.77. The van der Waals surface area contributed by atoms with Crippen molar-refractivity contribution in [3.8, 4) is 0 Å². The smallest absolute Gasteiger partial charge is 0.0540 e. The Hall–Kier alpha value is -3.58. The second-order valence-corrected chi connectivity index (χ2v) is 7.45. The summed E-state index contributed by atoms with van der Waals surface area (Å²) in [6, 6.07) is 28.6. The molecule has 0 aromatic heterocycles. The lowest BCUT2D eigenvalue weighted by molar-refractivity contribution is 1.09. The summed E-state index contributed by atoms with van der Waals surface area (Å²) in [5.41, 5.74) is 6.42. The average Bonchev–Trinajstić information content (AvgIpc) is 2.76. The highest BCUT2D eigenvalue weighted by molar-refractivity contribution is 6.06. The van der Waals surface area contributed by atoms with Crippen LogP contribution in [0.25, 0.3) is 27.6 Å². The number of para-hydroxylation sites is 1. The monoisotopic (exact) mass is 357 g/mol. The minimum atomic E-state index is 0.977. The molecule has 0 saturated heterocycles. The molecule has 4 aromatic rings. The summed E-state index contributed by atoms with van der Waals surface area (Å²) in [6.45, 7) is 0. The van der Waals surface area contributed by atoms with Gasteiger partial charge in [0.1, 0.15) is 0 Å². The van der Waals surface area contributed by atoms with Gasteiger partial charge in [0.25, 0.3) is 0 Å². The third-order valence-corrected chi connectivity index (χ3v) is 5.77. The number of fused-ring (bicyclic) bond motifs is 4. The molecule has 0 N–H and O–H groups in total. The van der Waals surface area contributed by atoms with E-state index in [-0.39, 0.29) is 0 Å². The molecule has 0 spiro atoms. The fraction of sp³-hybridized carbons (Fsp3) is 0.0370. The Morgan fingerprint density at radius 3 is 2.36 bits per heavy atom. The molecular weight excluding hydrogens is 338 g/mol. The largest absolute Gasteiger partial charge is 0.309 e. The van der Waals surface area contributed by atoms with E-state index in [1.807, 2.05) is 0 Å². The van der Waals surface area contributed by atoms with E-state index in [0.717, 1.165) is 6.42 Å². The molecule has 1 heteroatoms. The van der Waals surface area contributed by atoms with Crippen LogP contribution in [0.5, 0.6) is 0 Å². The quantitative estimate of drug-likeness (QED) is 0.321. The second-order valence-electron chi connectivity index (χ2n) is 7.45. The molecule has 0 saturated carbocycles. The van der Waals surface area contributed by atoms with E-state index in [0.29, 0.717) is 0 Å². The highest BCUT2D eigenvalue weighted by Gasteiger charge is 2.25. The molecule has 1 aliphatic carbocycles. The van der Waals surface area contributed by atoms with Gasteiger partial charge in [-0.1, -0.05) is 66.7 Å². The Balaban J connectivity index is 1.68. The van der Waals surface area contributed by atoms with Crippen LogP contribution in [0.1, 0.15) is 12.0 Å². The maximum atomic E-state index is 2.44. The maximum Gasteiger partial charge on any atom is 0.0540 e. The highest BCUT2D eigenvalue weighted by atomic mass is 15.2. The standard InChI is InChI=1S/C27H19N/c1-2-9-20-18-24-21(16-19(20)8-1)12-7-15-27(24)28-25-13-5-3-10-22(25)17-23-11-4-6-14-26(23)28/h1-10,12-18H,11H2. The lowest BCUT2D eigenvalue weighted by Gasteiger charge is -2.35. The van der Waals surface area contributed by atoms with Crippen LogP contribution >= 0.6 is 0 Å². The lowest BCUT2D eigenvalue weighted by atomic mass is 9.92. The summed E-state index contributed by atoms with van der Waals surface area (Å²) in [5, 5.41) is 5.12. The van der Waals surface area contributed by atoms with Gasteiger partial charge in [0.2, 0.25) is 0 Å². The van der Waals surface area contributed by atoms with Gasteiger partial charge in [-0.2, -0.15) is 0 Å². The topological polar surface area (TPSA) is 3.24 Å². The van der Waals surface area contributed by atoms with Gasteiger partial charge in [0, 0.05) is 11.1 Å². The molecule has 4 aromatic carbocycles. The first-order valence-electron chi connectivity index (χ1n) is 9.77. The van der Waals surface area contributed by atoms with E-state index >= 15 is 0 Å². The van der Waals surface area contributed by atoms with Crippen molar-refractivity contribution in [2.45, 2.75) is 6.42 Å². The van der Waals surface area contributed by atoms with Crippen LogP contribution in [0.15, 0.2) is 108 Å². The Morgan fingerprint density at radius 2 is 1.43 bits per heavy atom. The Morgan fingerprint density at radius 1 is 0.679 bits per heavy atom. The minimum absolute atomic E-state index is 0.977. The Kier molecular flexibility index (Phi) is 3.30. The molecule has 6 rings (SSSR count). The highest BCUT2D eigenvalue weighted by Crippen LogP contribution is 2.45. The zero-order valence-corrected chi connectivity index (χ0v) is 15.5. The summed E-state index contributed by atoms with van der Waals surface area (Å²) in [4.78, 5) is 2.44. The van der Waals surface area contributed by atoms with Gasteiger partial charge < -0.3 is 4.90 Å². The van der Waals surface area contributed by atoms with Crippen molar-refractivity contribution in [3.05, 3.63) is 114 Å². The predicted molar refractivity (Wildman–Crippen MR) is 120 cm³/mol. The number of hydrogen-bond donors (Lipinski definition) is 0. The van der Waals surface area contributed by atoms with Gasteiger partial charge in [0.05, 0.1) is 11.4 Å². The third kappa shape index (κ3) is 2.26. The summed E-state index contributed by atoms with van der Waals surface area (Å²) < 4.78 is 0. The Labute approximate surface area is 164 Å². The molecule has 28 heavy (non-hydrogen) atoms. The number of benzene rings is 4. The van der Waals surface area contributed by atoms with Gasteiger partial charge in [-0.25, -0.2) is 0 Å². The molecule has 0 fully saturated rings. The summed E-state index contributed by atoms with van der Waals surface area (Å²) in [7, 11) is 0. The van der Waals surface area contributed by atoms with Crippen molar-refractivity contribution in [3.63, 3.8) is 0 Å². The van der Waals surface area contributed by atoms with Crippen LogP contribution in [0.4, 0.5) is 11.4 Å². The second kappa shape index (κ2) is 5.97. The number of rotatable bonds is 1. The molecule has 1 nitrogen and oxygen atoms in total. The van der Waals surface area contributed by atoms with Gasteiger partial charge in [-0.3, -0.25) is 0 Å². The van der Waals surface area contributed by atoms with Crippen molar-refractivity contribution in [2.75, 3.05) is 4.90 Å². The molecular formula is C27H19N. The predicted octanol–water partition coefficient (Wildman–Crippen LogP) is 7.37. The fourth-order valence-electron chi connectivity index (χ4n) is 4.45. The number of hydrogen-bond acceptors (Lipinski definition) is 1. The first-order chi connectivity index (χ1) is 13.9. The van der Waals surface area contributed by atoms with Crippen LogP contribution in [-0.4, -0.2) is 0 Å². The van der Waals surface area contributed by atoms with E-state index < -0.39 is 0 Å². The van der Waals surface area contributed by atoms with E-state index in [4.69, 9.17) is 0 Å². The summed E-state index contributed by atoms with van der Waals surface area (Å²) in [6.07, 6.45) is 9.96. The van der Waals surface area contributed by atoms with E-state index in [1.165, 1.54) is 49.8 Å². The first kappa shape index (κ1) is 15.5. The fourth-order valence-corrected chi connectivity index (χ4v) is 4.45. The molecule has 2 aliphatic rings. The molecule has 0 amide bonds. The van der Waals surface area contributed by atoms with Crippen molar-refractivity contribution >= 4 is 39.0 Å².